The number of benzene rings is 2. The third-order valence-electron chi connectivity index (χ3n) is 3.75. The van der Waals surface area contributed by atoms with Crippen LogP contribution < -0.4 is 5.32 Å². The van der Waals surface area contributed by atoms with Gasteiger partial charge in [0.15, 0.2) is 0 Å². The molecule has 0 saturated heterocycles. The molecule has 4 aromatic rings. The summed E-state index contributed by atoms with van der Waals surface area (Å²) in [5, 5.41) is 13.5. The van der Waals surface area contributed by atoms with Crippen molar-refractivity contribution in [3.05, 3.63) is 70.3 Å². The molecule has 6 nitrogen and oxygen atoms in total. The van der Waals surface area contributed by atoms with Crippen molar-refractivity contribution in [2.24, 2.45) is 0 Å². The topological polar surface area (TPSA) is 80.9 Å². The number of nitrogens with one attached hydrogen (secondary N) is 1. The Hall–Kier alpha value is -3.39. The highest BCUT2D eigenvalue weighted by Gasteiger charge is 2.15. The lowest BCUT2D eigenvalue weighted by molar-refractivity contribution is 0.102. The quantitative estimate of drug-likeness (QED) is 0.561. The van der Waals surface area contributed by atoms with Gasteiger partial charge in [-0.1, -0.05) is 18.2 Å². The standard InChI is InChI=1S/C19H13FN4O2S/c1-11-21-16(10-27-11)19-24-23-18(26-19)12-5-4-6-13(9-12)22-17(25)14-7-2-3-8-15(14)20/h2-10H,1H3,(H,22,25). The van der Waals surface area contributed by atoms with Crippen molar-refractivity contribution >= 4 is 22.9 Å². The highest BCUT2D eigenvalue weighted by atomic mass is 32.1. The molecule has 0 spiro atoms. The summed E-state index contributed by atoms with van der Waals surface area (Å²) in [5.41, 5.74) is 1.72. The number of aryl methyl sites for hydroxylation is 1. The maximum Gasteiger partial charge on any atom is 0.267 e. The predicted molar refractivity (Wildman–Crippen MR) is 99.9 cm³/mol. The van der Waals surface area contributed by atoms with E-state index in [4.69, 9.17) is 4.42 Å². The van der Waals surface area contributed by atoms with Gasteiger partial charge in [0.1, 0.15) is 11.5 Å². The molecule has 27 heavy (non-hydrogen) atoms. The van der Waals surface area contributed by atoms with Gasteiger partial charge in [0.25, 0.3) is 11.8 Å². The minimum Gasteiger partial charge on any atom is -0.415 e. The molecule has 0 aliphatic heterocycles. The fourth-order valence-electron chi connectivity index (χ4n) is 2.48. The van der Waals surface area contributed by atoms with Gasteiger partial charge in [-0.05, 0) is 37.3 Å². The Labute approximate surface area is 157 Å². The third-order valence-corrected chi connectivity index (χ3v) is 4.52. The Balaban J connectivity index is 1.57. The van der Waals surface area contributed by atoms with E-state index in [1.165, 1.54) is 29.5 Å². The van der Waals surface area contributed by atoms with Gasteiger partial charge in [-0.15, -0.1) is 21.5 Å². The molecule has 1 amide bonds. The van der Waals surface area contributed by atoms with E-state index in [0.29, 0.717) is 28.7 Å². The van der Waals surface area contributed by atoms with Gasteiger partial charge in [-0.3, -0.25) is 4.79 Å². The summed E-state index contributed by atoms with van der Waals surface area (Å²) < 4.78 is 19.4. The monoisotopic (exact) mass is 380 g/mol. The van der Waals surface area contributed by atoms with Crippen LogP contribution in [0, 0.1) is 12.7 Å². The number of thiazole rings is 1. The molecule has 0 unspecified atom stereocenters. The number of amides is 1. The molecule has 8 heteroatoms. The summed E-state index contributed by atoms with van der Waals surface area (Å²) in [4.78, 5) is 16.6. The van der Waals surface area contributed by atoms with Crippen LogP contribution in [-0.2, 0) is 0 Å². The van der Waals surface area contributed by atoms with E-state index in [2.05, 4.69) is 20.5 Å². The zero-order chi connectivity index (χ0) is 18.8. The largest absolute Gasteiger partial charge is 0.415 e. The molecule has 134 valence electrons. The molecule has 2 aromatic heterocycles. The van der Waals surface area contributed by atoms with Gasteiger partial charge in [-0.25, -0.2) is 9.37 Å². The average molecular weight is 380 g/mol. The Morgan fingerprint density at radius 3 is 2.70 bits per heavy atom. The van der Waals surface area contributed by atoms with E-state index < -0.39 is 11.7 Å². The summed E-state index contributed by atoms with van der Waals surface area (Å²) >= 11 is 1.50. The lowest BCUT2D eigenvalue weighted by Crippen LogP contribution is -2.13. The van der Waals surface area contributed by atoms with Gasteiger partial charge in [0, 0.05) is 16.6 Å². The lowest BCUT2D eigenvalue weighted by Gasteiger charge is -2.06. The summed E-state index contributed by atoms with van der Waals surface area (Å²) in [6.07, 6.45) is 0. The predicted octanol–water partition coefficient (Wildman–Crippen LogP) is 4.56. The van der Waals surface area contributed by atoms with Gasteiger partial charge in [-0.2, -0.15) is 0 Å². The first-order valence-corrected chi connectivity index (χ1v) is 8.90. The molecule has 4 rings (SSSR count). The van der Waals surface area contributed by atoms with Crippen molar-refractivity contribution < 1.29 is 13.6 Å². The molecule has 0 aliphatic rings. The van der Waals surface area contributed by atoms with Crippen LogP contribution in [0.1, 0.15) is 15.4 Å². The van der Waals surface area contributed by atoms with Crippen molar-refractivity contribution in [3.8, 4) is 23.0 Å². The average Bonchev–Trinajstić information content (AvgIpc) is 3.31. The normalized spacial score (nSPS) is 10.7. The summed E-state index contributed by atoms with van der Waals surface area (Å²) in [5.74, 6) is -0.478. The maximum absolute atomic E-state index is 13.8. The summed E-state index contributed by atoms with van der Waals surface area (Å²) in [6.45, 7) is 1.90. The number of halogens is 1. The van der Waals surface area contributed by atoms with Crippen LogP contribution in [0.2, 0.25) is 0 Å². The number of hydrogen-bond acceptors (Lipinski definition) is 6. The van der Waals surface area contributed by atoms with E-state index in [9.17, 15) is 9.18 Å². The van der Waals surface area contributed by atoms with Crippen LogP contribution >= 0.6 is 11.3 Å². The van der Waals surface area contributed by atoms with Gasteiger partial charge >= 0.3 is 0 Å². The van der Waals surface area contributed by atoms with E-state index in [0.717, 1.165) is 5.01 Å². The molecule has 0 saturated carbocycles. The highest BCUT2D eigenvalue weighted by Crippen LogP contribution is 2.26. The fraction of sp³-hybridized carbons (Fsp3) is 0.0526. The molecule has 0 atom stereocenters. The van der Waals surface area contributed by atoms with Crippen LogP contribution in [-0.4, -0.2) is 21.1 Å². The number of hydrogen-bond donors (Lipinski definition) is 1. The molecule has 2 heterocycles. The Bertz CT molecular complexity index is 1120. The van der Waals surface area contributed by atoms with Gasteiger partial charge in [0.2, 0.25) is 5.89 Å². The second-order valence-electron chi connectivity index (χ2n) is 5.68. The van der Waals surface area contributed by atoms with E-state index in [1.54, 1.807) is 30.3 Å². The number of nitrogens with zero attached hydrogens (tertiary/aromatic N) is 3. The lowest BCUT2D eigenvalue weighted by atomic mass is 10.1. The molecule has 1 N–H and O–H groups in total. The molecule has 0 bridgehead atoms. The highest BCUT2D eigenvalue weighted by molar-refractivity contribution is 7.09. The number of carbonyl (C=O) groups is 1. The number of carbonyl (C=O) groups excluding carboxylic acids is 1. The minimum atomic E-state index is -0.578. The second kappa shape index (κ2) is 7.08. The van der Waals surface area contributed by atoms with Crippen LogP contribution in [0.5, 0.6) is 0 Å². The molecular weight excluding hydrogens is 367 g/mol. The minimum absolute atomic E-state index is 0.0260. The zero-order valence-electron chi connectivity index (χ0n) is 14.1. The Morgan fingerprint density at radius 1 is 1.11 bits per heavy atom. The van der Waals surface area contributed by atoms with Gasteiger partial charge < -0.3 is 9.73 Å². The van der Waals surface area contributed by atoms with Crippen molar-refractivity contribution in [2.45, 2.75) is 6.92 Å². The second-order valence-corrected chi connectivity index (χ2v) is 6.74. The SMILES string of the molecule is Cc1nc(-c2nnc(-c3cccc(NC(=O)c4ccccc4F)c3)o2)cs1. The third kappa shape index (κ3) is 3.61. The van der Waals surface area contributed by atoms with Crippen molar-refractivity contribution in [1.82, 2.24) is 15.2 Å². The van der Waals surface area contributed by atoms with Crippen LogP contribution in [0.15, 0.2) is 58.3 Å². The van der Waals surface area contributed by atoms with Gasteiger partial charge in [0.05, 0.1) is 10.6 Å². The first kappa shape index (κ1) is 17.0. The van der Waals surface area contributed by atoms with Crippen LogP contribution in [0.3, 0.4) is 0 Å². The Kier molecular flexibility index (Phi) is 4.47. The summed E-state index contributed by atoms with van der Waals surface area (Å²) in [6, 6.07) is 12.7. The fourth-order valence-corrected chi connectivity index (χ4v) is 3.07. The van der Waals surface area contributed by atoms with E-state index in [1.807, 2.05) is 12.3 Å². The zero-order valence-corrected chi connectivity index (χ0v) is 15.0. The van der Waals surface area contributed by atoms with Crippen LogP contribution in [0.25, 0.3) is 23.0 Å². The number of anilines is 1. The van der Waals surface area contributed by atoms with Crippen LogP contribution in [0.4, 0.5) is 10.1 Å². The molecule has 0 aliphatic carbocycles. The van der Waals surface area contributed by atoms with E-state index in [-0.39, 0.29) is 5.56 Å². The first-order chi connectivity index (χ1) is 13.1. The molecule has 0 fully saturated rings. The number of aromatic nitrogens is 3. The number of rotatable bonds is 4. The summed E-state index contributed by atoms with van der Waals surface area (Å²) in [7, 11) is 0. The van der Waals surface area contributed by atoms with Crippen molar-refractivity contribution in [1.29, 1.82) is 0 Å². The molecule has 2 aromatic carbocycles. The first-order valence-electron chi connectivity index (χ1n) is 8.02. The smallest absolute Gasteiger partial charge is 0.267 e. The molecular formula is C19H13FN4O2S. The van der Waals surface area contributed by atoms with Crippen molar-refractivity contribution in [3.63, 3.8) is 0 Å². The Morgan fingerprint density at radius 2 is 1.93 bits per heavy atom. The van der Waals surface area contributed by atoms with E-state index >= 15 is 0 Å². The van der Waals surface area contributed by atoms with Crippen molar-refractivity contribution in [2.75, 3.05) is 5.32 Å². The maximum atomic E-state index is 13.8. The molecule has 0 radical (unpaired) electrons.